The molecule has 0 radical (unpaired) electrons. The van der Waals surface area contributed by atoms with Crippen molar-refractivity contribution < 1.29 is 14.2 Å². The molecule has 0 aliphatic heterocycles. The van der Waals surface area contributed by atoms with E-state index in [4.69, 9.17) is 20.6 Å². The van der Waals surface area contributed by atoms with Crippen molar-refractivity contribution in [1.82, 2.24) is 0 Å². The maximum absolute atomic E-state index is 5.47. The fraction of sp³-hybridized carbons (Fsp3) is 0.286. The molecule has 0 spiro atoms. The lowest BCUT2D eigenvalue weighted by molar-refractivity contribution is -0.0662. The zero-order valence-corrected chi connectivity index (χ0v) is 10.3. The number of methoxy groups -OCH3 is 3. The quantitative estimate of drug-likeness (QED) is 0.576. The van der Waals surface area contributed by atoms with Gasteiger partial charge in [0.05, 0.1) is 7.11 Å². The van der Waals surface area contributed by atoms with E-state index in [0.717, 1.165) is 16.9 Å². The molecule has 0 amide bonds. The van der Waals surface area contributed by atoms with Gasteiger partial charge in [0.2, 0.25) is 0 Å². The smallest absolute Gasteiger partial charge is 0.177 e. The molecule has 0 saturated heterocycles. The molecule has 0 heterocycles. The Morgan fingerprint density at radius 2 is 1.76 bits per heavy atom. The van der Waals surface area contributed by atoms with Crippen molar-refractivity contribution in [3.05, 3.63) is 35.9 Å². The number of terminal acetylenes is 1. The van der Waals surface area contributed by atoms with Gasteiger partial charge in [0, 0.05) is 19.8 Å². The number of allylic oxidation sites excluding steroid dienone is 1. The summed E-state index contributed by atoms with van der Waals surface area (Å²) in [6.07, 6.45) is 6.78. The third kappa shape index (κ3) is 3.63. The molecule has 3 nitrogen and oxygen atoms in total. The van der Waals surface area contributed by atoms with Crippen molar-refractivity contribution in [3.8, 4) is 18.1 Å². The van der Waals surface area contributed by atoms with Crippen LogP contribution in [-0.4, -0.2) is 27.6 Å². The van der Waals surface area contributed by atoms with E-state index in [2.05, 4.69) is 5.92 Å². The van der Waals surface area contributed by atoms with Gasteiger partial charge in [-0.1, -0.05) is 18.1 Å². The molecule has 1 aromatic carbocycles. The van der Waals surface area contributed by atoms with Crippen LogP contribution in [0, 0.1) is 12.3 Å². The number of ether oxygens (including phenoxy) is 3. The van der Waals surface area contributed by atoms with Crippen molar-refractivity contribution in [1.29, 1.82) is 0 Å². The van der Waals surface area contributed by atoms with Gasteiger partial charge in [-0.25, -0.2) is 0 Å². The number of benzene rings is 1. The Balaban J connectivity index is 2.97. The zero-order valence-electron chi connectivity index (χ0n) is 10.3. The van der Waals surface area contributed by atoms with E-state index in [9.17, 15) is 0 Å². The highest BCUT2D eigenvalue weighted by Gasteiger charge is 2.05. The van der Waals surface area contributed by atoms with Gasteiger partial charge >= 0.3 is 0 Å². The first-order valence-corrected chi connectivity index (χ1v) is 5.13. The molecule has 17 heavy (non-hydrogen) atoms. The SMILES string of the molecule is C#C/C(=C\C(OC)OC)c1ccc(OC)cc1. The summed E-state index contributed by atoms with van der Waals surface area (Å²) in [5.74, 6) is 3.41. The Kier molecular flexibility index (Phi) is 5.28. The topological polar surface area (TPSA) is 27.7 Å². The van der Waals surface area contributed by atoms with Crippen LogP contribution in [-0.2, 0) is 9.47 Å². The van der Waals surface area contributed by atoms with Crippen LogP contribution in [0.2, 0.25) is 0 Å². The summed E-state index contributed by atoms with van der Waals surface area (Å²) in [4.78, 5) is 0. The summed E-state index contributed by atoms with van der Waals surface area (Å²) >= 11 is 0. The second-order valence-corrected chi connectivity index (χ2v) is 3.29. The fourth-order valence-electron chi connectivity index (χ4n) is 1.37. The van der Waals surface area contributed by atoms with Crippen LogP contribution in [0.4, 0.5) is 0 Å². The van der Waals surface area contributed by atoms with E-state index in [1.165, 1.54) is 0 Å². The first kappa shape index (κ1) is 13.3. The van der Waals surface area contributed by atoms with Crippen LogP contribution in [0.1, 0.15) is 5.56 Å². The fourth-order valence-corrected chi connectivity index (χ4v) is 1.37. The number of hydrogen-bond donors (Lipinski definition) is 0. The molecule has 0 N–H and O–H groups in total. The number of hydrogen-bond acceptors (Lipinski definition) is 3. The summed E-state index contributed by atoms with van der Waals surface area (Å²) in [6.45, 7) is 0. The molecule has 0 aliphatic rings. The first-order chi connectivity index (χ1) is 8.24. The highest BCUT2D eigenvalue weighted by Crippen LogP contribution is 2.19. The maximum atomic E-state index is 5.47. The zero-order chi connectivity index (χ0) is 12.7. The predicted octanol–water partition coefficient (Wildman–Crippen LogP) is 2.33. The molecule has 90 valence electrons. The summed E-state index contributed by atoms with van der Waals surface area (Å²) < 4.78 is 15.2. The Morgan fingerprint density at radius 1 is 1.18 bits per heavy atom. The maximum Gasteiger partial charge on any atom is 0.177 e. The molecule has 0 saturated carbocycles. The Bertz CT molecular complexity index is 408. The van der Waals surface area contributed by atoms with E-state index < -0.39 is 6.29 Å². The monoisotopic (exact) mass is 232 g/mol. The Hall–Kier alpha value is -1.76. The Morgan fingerprint density at radius 3 is 2.18 bits per heavy atom. The van der Waals surface area contributed by atoms with Crippen LogP contribution in [0.25, 0.3) is 5.57 Å². The van der Waals surface area contributed by atoms with E-state index in [1.807, 2.05) is 24.3 Å². The van der Waals surface area contributed by atoms with Crippen LogP contribution in [0.5, 0.6) is 5.75 Å². The third-order valence-electron chi connectivity index (χ3n) is 2.32. The summed E-state index contributed by atoms with van der Waals surface area (Å²) in [7, 11) is 4.75. The highest BCUT2D eigenvalue weighted by molar-refractivity contribution is 5.78. The van der Waals surface area contributed by atoms with Crippen LogP contribution < -0.4 is 4.74 Å². The van der Waals surface area contributed by atoms with Gasteiger partial charge in [0.25, 0.3) is 0 Å². The minimum atomic E-state index is -0.442. The normalized spacial score (nSPS) is 11.4. The molecule has 0 atom stereocenters. The van der Waals surface area contributed by atoms with Gasteiger partial charge in [0.15, 0.2) is 6.29 Å². The molecule has 0 fully saturated rings. The molecule has 1 rings (SSSR count). The Labute approximate surface area is 102 Å². The second kappa shape index (κ2) is 6.74. The van der Waals surface area contributed by atoms with Crippen molar-refractivity contribution in [3.63, 3.8) is 0 Å². The summed E-state index contributed by atoms with van der Waals surface area (Å²) in [5, 5.41) is 0. The molecular formula is C14H16O3. The summed E-state index contributed by atoms with van der Waals surface area (Å²) in [5.41, 5.74) is 1.65. The number of rotatable bonds is 5. The van der Waals surface area contributed by atoms with Crippen LogP contribution >= 0.6 is 0 Å². The highest BCUT2D eigenvalue weighted by atomic mass is 16.7. The molecule has 0 aromatic heterocycles. The van der Waals surface area contributed by atoms with Gasteiger partial charge in [0.1, 0.15) is 5.75 Å². The van der Waals surface area contributed by atoms with E-state index >= 15 is 0 Å². The molecular weight excluding hydrogens is 216 g/mol. The molecule has 3 heteroatoms. The molecule has 0 aliphatic carbocycles. The van der Waals surface area contributed by atoms with Crippen molar-refractivity contribution in [2.75, 3.05) is 21.3 Å². The standard InChI is InChI=1S/C14H16O3/c1-5-11(10-14(16-3)17-4)12-6-8-13(15-2)9-7-12/h1,6-10,14H,2-4H3/b11-10+. The molecule has 0 unspecified atom stereocenters. The first-order valence-electron chi connectivity index (χ1n) is 5.13. The largest absolute Gasteiger partial charge is 0.497 e. The average molecular weight is 232 g/mol. The lowest BCUT2D eigenvalue weighted by atomic mass is 10.1. The van der Waals surface area contributed by atoms with Gasteiger partial charge in [-0.3, -0.25) is 0 Å². The predicted molar refractivity (Wildman–Crippen MR) is 67.6 cm³/mol. The van der Waals surface area contributed by atoms with E-state index in [1.54, 1.807) is 27.4 Å². The lowest BCUT2D eigenvalue weighted by Crippen LogP contribution is -2.09. The van der Waals surface area contributed by atoms with Crippen LogP contribution in [0.15, 0.2) is 30.3 Å². The minimum absolute atomic E-state index is 0.442. The van der Waals surface area contributed by atoms with Crippen molar-refractivity contribution in [2.24, 2.45) is 0 Å². The van der Waals surface area contributed by atoms with Gasteiger partial charge in [-0.2, -0.15) is 0 Å². The molecule has 0 bridgehead atoms. The summed E-state index contributed by atoms with van der Waals surface area (Å²) in [6, 6.07) is 7.50. The van der Waals surface area contributed by atoms with Crippen molar-refractivity contribution in [2.45, 2.75) is 6.29 Å². The van der Waals surface area contributed by atoms with Gasteiger partial charge in [-0.15, -0.1) is 6.42 Å². The van der Waals surface area contributed by atoms with E-state index in [0.29, 0.717) is 0 Å². The van der Waals surface area contributed by atoms with Crippen molar-refractivity contribution >= 4 is 5.57 Å². The lowest BCUT2D eigenvalue weighted by Gasteiger charge is -2.10. The van der Waals surface area contributed by atoms with Gasteiger partial charge in [-0.05, 0) is 23.8 Å². The van der Waals surface area contributed by atoms with Gasteiger partial charge < -0.3 is 14.2 Å². The average Bonchev–Trinajstić information content (AvgIpc) is 2.40. The van der Waals surface area contributed by atoms with Crippen LogP contribution in [0.3, 0.4) is 0 Å². The molecule has 1 aromatic rings. The van der Waals surface area contributed by atoms with E-state index in [-0.39, 0.29) is 0 Å². The minimum Gasteiger partial charge on any atom is -0.497 e. The second-order valence-electron chi connectivity index (χ2n) is 3.29. The third-order valence-corrected chi connectivity index (χ3v) is 2.32.